The fourth-order valence-electron chi connectivity index (χ4n) is 4.05. The monoisotopic (exact) mass is 702 g/mol. The third-order valence-electron chi connectivity index (χ3n) is 6.29. The SMILES string of the molecule is Cc1ccc(S(=O)(=O)[O-])cc1.NC(=O)c1c(OCc2c(F)cc(Br)cc2F)nsc1NC(=O)NCCCCN1CCCC1. The number of hydrogen-bond acceptors (Lipinski definition) is 9. The van der Waals surface area contributed by atoms with Crippen LogP contribution in [-0.2, 0) is 16.7 Å². The molecule has 0 radical (unpaired) electrons. The molecule has 0 saturated carbocycles. The molecule has 0 aliphatic carbocycles. The molecule has 0 spiro atoms. The fourth-order valence-corrected chi connectivity index (χ4v) is 5.66. The van der Waals surface area contributed by atoms with E-state index in [1.54, 1.807) is 12.1 Å². The molecule has 2 aromatic carbocycles. The standard InChI is InChI=1S/C20H24BrF2N5O3S.C7H8O3S/c21-12-9-14(22)13(15(23)10-12)11-31-18-16(17(24)29)19(32-27-18)26-20(30)25-5-1-2-6-28-7-3-4-8-28;1-6-2-4-7(5-3-6)11(8,9)10/h9-10H,1-8,11H2,(H2,24,29)(H2,25,26,30);2-5H,1H3,(H,8,9,10)/p-1. The van der Waals surface area contributed by atoms with Crippen LogP contribution in [0.5, 0.6) is 5.88 Å². The van der Waals surface area contributed by atoms with E-state index >= 15 is 0 Å². The molecule has 0 unspecified atom stereocenters. The predicted molar refractivity (Wildman–Crippen MR) is 160 cm³/mol. The Balaban J connectivity index is 0.000000386. The lowest BCUT2D eigenvalue weighted by Crippen LogP contribution is -2.30. The zero-order valence-electron chi connectivity index (χ0n) is 23.2. The number of anilines is 1. The number of urea groups is 1. The van der Waals surface area contributed by atoms with Crippen LogP contribution in [0.25, 0.3) is 0 Å². The number of carbonyl (C=O) groups excluding carboxylic acids is 2. The summed E-state index contributed by atoms with van der Waals surface area (Å²) in [4.78, 5) is 26.3. The van der Waals surface area contributed by atoms with Crippen molar-refractivity contribution in [3.05, 3.63) is 69.2 Å². The first-order valence-electron chi connectivity index (χ1n) is 13.2. The van der Waals surface area contributed by atoms with E-state index in [2.05, 4.69) is 35.8 Å². The zero-order chi connectivity index (χ0) is 31.6. The molecule has 1 fully saturated rings. The number of nitrogens with two attached hydrogens (primary N) is 1. The molecule has 1 aliphatic rings. The second kappa shape index (κ2) is 16.0. The Kier molecular flexibility index (Phi) is 12.8. The van der Waals surface area contributed by atoms with Crippen LogP contribution < -0.4 is 21.1 Å². The summed E-state index contributed by atoms with van der Waals surface area (Å²) in [7, 11) is -4.27. The van der Waals surface area contributed by atoms with E-state index in [0.29, 0.717) is 6.54 Å². The Morgan fingerprint density at radius 3 is 2.35 bits per heavy atom. The number of amides is 3. The lowest BCUT2D eigenvalue weighted by molar-refractivity contribution is 0.0996. The van der Waals surface area contributed by atoms with Crippen LogP contribution in [0.2, 0.25) is 0 Å². The first-order valence-corrected chi connectivity index (χ1v) is 16.2. The van der Waals surface area contributed by atoms with E-state index in [4.69, 9.17) is 10.5 Å². The smallest absolute Gasteiger partial charge is 0.319 e. The van der Waals surface area contributed by atoms with Crippen molar-refractivity contribution in [2.75, 3.05) is 31.5 Å². The Morgan fingerprint density at radius 1 is 1.14 bits per heavy atom. The molecule has 0 atom stereocenters. The number of nitrogens with zero attached hydrogens (tertiary/aromatic N) is 2. The topological polar surface area (TPSA) is 167 Å². The van der Waals surface area contributed by atoms with Gasteiger partial charge in [0.05, 0.1) is 10.5 Å². The van der Waals surface area contributed by atoms with Crippen LogP contribution in [0.4, 0.5) is 18.6 Å². The van der Waals surface area contributed by atoms with Crippen LogP contribution in [-0.4, -0.2) is 60.4 Å². The van der Waals surface area contributed by atoms with Gasteiger partial charge in [0, 0.05) is 11.0 Å². The lowest BCUT2D eigenvalue weighted by atomic mass is 10.2. The zero-order valence-corrected chi connectivity index (χ0v) is 26.4. The van der Waals surface area contributed by atoms with Gasteiger partial charge in [-0.25, -0.2) is 22.0 Å². The van der Waals surface area contributed by atoms with Crippen molar-refractivity contribution in [1.29, 1.82) is 0 Å². The molecular formula is C27H31BrF2N5O6S2-. The van der Waals surface area contributed by atoms with Gasteiger partial charge in [0.25, 0.3) is 5.91 Å². The van der Waals surface area contributed by atoms with Crippen molar-refractivity contribution in [2.45, 2.75) is 44.1 Å². The number of unbranched alkanes of at least 4 members (excludes halogenated alkanes) is 1. The molecule has 2 heterocycles. The minimum absolute atomic E-state index is 0.0961. The van der Waals surface area contributed by atoms with Gasteiger partial charge in [-0.3, -0.25) is 10.1 Å². The summed E-state index contributed by atoms with van der Waals surface area (Å²) in [5.74, 6) is -2.71. The third-order valence-corrected chi connectivity index (χ3v) is 8.34. The van der Waals surface area contributed by atoms with Gasteiger partial charge in [0.2, 0.25) is 5.88 Å². The van der Waals surface area contributed by atoms with Gasteiger partial charge in [0.1, 0.15) is 38.9 Å². The highest BCUT2D eigenvalue weighted by atomic mass is 79.9. The number of ether oxygens (including phenoxy) is 1. The largest absolute Gasteiger partial charge is 0.744 e. The maximum absolute atomic E-state index is 14.0. The van der Waals surface area contributed by atoms with E-state index in [1.807, 2.05) is 6.92 Å². The molecule has 1 saturated heterocycles. The molecule has 0 bridgehead atoms. The molecule has 3 aromatic rings. The molecule has 43 heavy (non-hydrogen) atoms. The van der Waals surface area contributed by atoms with E-state index in [1.165, 1.54) is 25.0 Å². The van der Waals surface area contributed by atoms with Crippen LogP contribution >= 0.6 is 27.5 Å². The first-order chi connectivity index (χ1) is 20.3. The second-order valence-electron chi connectivity index (χ2n) is 9.60. The Morgan fingerprint density at radius 2 is 1.77 bits per heavy atom. The number of aryl methyl sites for hydroxylation is 1. The van der Waals surface area contributed by atoms with Crippen molar-refractivity contribution < 1.29 is 36.1 Å². The number of aromatic nitrogens is 1. The highest BCUT2D eigenvalue weighted by molar-refractivity contribution is 9.10. The summed E-state index contributed by atoms with van der Waals surface area (Å²) < 4.78 is 68.7. The van der Waals surface area contributed by atoms with Crippen LogP contribution in [0.1, 0.15) is 47.2 Å². The maximum atomic E-state index is 14.0. The number of nitrogens with one attached hydrogen (secondary N) is 2. The summed E-state index contributed by atoms with van der Waals surface area (Å²) in [6, 6.07) is 7.47. The van der Waals surface area contributed by atoms with E-state index in [0.717, 1.165) is 61.7 Å². The van der Waals surface area contributed by atoms with Gasteiger partial charge in [0.15, 0.2) is 0 Å². The van der Waals surface area contributed by atoms with Crippen molar-refractivity contribution in [2.24, 2.45) is 5.73 Å². The Bertz CT molecular complexity index is 1490. The number of benzene rings is 2. The fraction of sp³-hybridized carbons (Fsp3) is 0.370. The third kappa shape index (κ3) is 10.8. The molecule has 3 amide bonds. The number of primary amides is 1. The van der Waals surface area contributed by atoms with Crippen LogP contribution in [0.3, 0.4) is 0 Å². The van der Waals surface area contributed by atoms with E-state index < -0.39 is 40.3 Å². The molecule has 1 aromatic heterocycles. The quantitative estimate of drug-likeness (QED) is 0.190. The van der Waals surface area contributed by atoms with Gasteiger partial charge in [-0.05, 0) is 88.0 Å². The van der Waals surface area contributed by atoms with Gasteiger partial charge in [-0.2, -0.15) is 4.37 Å². The Labute approximate surface area is 260 Å². The number of halogens is 3. The maximum Gasteiger partial charge on any atom is 0.319 e. The molecule has 4 N–H and O–H groups in total. The number of likely N-dealkylation sites (tertiary alicyclic amines) is 1. The minimum Gasteiger partial charge on any atom is -0.744 e. The average Bonchev–Trinajstić information content (AvgIpc) is 3.58. The summed E-state index contributed by atoms with van der Waals surface area (Å²) >= 11 is 3.79. The van der Waals surface area contributed by atoms with E-state index in [9.17, 15) is 31.3 Å². The molecule has 234 valence electrons. The molecule has 4 rings (SSSR count). The van der Waals surface area contributed by atoms with Crippen molar-refractivity contribution >= 4 is 54.5 Å². The summed E-state index contributed by atoms with van der Waals surface area (Å²) in [6.45, 7) is 5.10. The molecule has 16 heteroatoms. The minimum atomic E-state index is -4.27. The number of rotatable bonds is 11. The number of carbonyl (C=O) groups is 2. The van der Waals surface area contributed by atoms with Crippen LogP contribution in [0, 0.1) is 18.6 Å². The lowest BCUT2D eigenvalue weighted by Gasteiger charge is -2.14. The van der Waals surface area contributed by atoms with Crippen molar-refractivity contribution in [3.63, 3.8) is 0 Å². The molecular weight excluding hydrogens is 672 g/mol. The van der Waals surface area contributed by atoms with Crippen molar-refractivity contribution in [1.82, 2.24) is 14.6 Å². The average molecular weight is 704 g/mol. The highest BCUT2D eigenvalue weighted by Gasteiger charge is 2.23. The second-order valence-corrected chi connectivity index (χ2v) is 12.7. The predicted octanol–water partition coefficient (Wildman–Crippen LogP) is 4.76. The normalized spacial score (nSPS) is 13.2. The molecule has 11 nitrogen and oxygen atoms in total. The highest BCUT2D eigenvalue weighted by Crippen LogP contribution is 2.31. The van der Waals surface area contributed by atoms with Crippen LogP contribution in [0.15, 0.2) is 45.8 Å². The summed E-state index contributed by atoms with van der Waals surface area (Å²) in [5.41, 5.74) is 5.85. The summed E-state index contributed by atoms with van der Waals surface area (Å²) in [6.07, 6.45) is 4.30. The number of hydrogen-bond donors (Lipinski definition) is 3. The van der Waals surface area contributed by atoms with Gasteiger partial charge in [-0.15, -0.1) is 0 Å². The summed E-state index contributed by atoms with van der Waals surface area (Å²) in [5, 5.41) is 5.35. The molecule has 1 aliphatic heterocycles. The van der Waals surface area contributed by atoms with Crippen molar-refractivity contribution in [3.8, 4) is 5.88 Å². The van der Waals surface area contributed by atoms with Gasteiger partial charge < -0.3 is 25.2 Å². The first kappa shape index (κ1) is 34.3. The Hall–Kier alpha value is -3.18. The van der Waals surface area contributed by atoms with Gasteiger partial charge in [-0.1, -0.05) is 33.6 Å². The van der Waals surface area contributed by atoms with Gasteiger partial charge >= 0.3 is 6.03 Å². The van der Waals surface area contributed by atoms with E-state index in [-0.39, 0.29) is 31.4 Å².